The van der Waals surface area contributed by atoms with Crippen molar-refractivity contribution in [3.8, 4) is 0 Å². The summed E-state index contributed by atoms with van der Waals surface area (Å²) in [6.07, 6.45) is 4.72. The largest absolute Gasteiger partial charge is 0.468 e. The molecule has 2 unspecified atom stereocenters. The summed E-state index contributed by atoms with van der Waals surface area (Å²) in [5.74, 6) is 0.748. The highest BCUT2D eigenvalue weighted by Gasteiger charge is 2.40. The van der Waals surface area contributed by atoms with Crippen molar-refractivity contribution < 1.29 is 13.9 Å². The number of thioether (sulfide) groups is 1. The number of esters is 1. The van der Waals surface area contributed by atoms with Crippen molar-refractivity contribution in [1.29, 1.82) is 0 Å². The lowest BCUT2D eigenvalue weighted by Gasteiger charge is -2.30. The molecule has 1 N–H and O–H groups in total. The van der Waals surface area contributed by atoms with E-state index in [0.717, 1.165) is 29.9 Å². The van der Waals surface area contributed by atoms with Crippen LogP contribution in [0.1, 0.15) is 38.9 Å². The Morgan fingerprint density at radius 2 is 2.35 bits per heavy atom. The van der Waals surface area contributed by atoms with Crippen LogP contribution in [0.25, 0.3) is 0 Å². The molecule has 0 amide bonds. The van der Waals surface area contributed by atoms with E-state index in [1.165, 1.54) is 7.11 Å². The number of carbonyl (C=O) groups is 1. The minimum absolute atomic E-state index is 0.180. The summed E-state index contributed by atoms with van der Waals surface area (Å²) in [4.78, 5) is 13.2. The van der Waals surface area contributed by atoms with Crippen molar-refractivity contribution in [3.63, 3.8) is 0 Å². The Morgan fingerprint density at radius 3 is 2.85 bits per heavy atom. The van der Waals surface area contributed by atoms with Crippen LogP contribution < -0.4 is 5.32 Å². The normalized spacial score (nSPS) is 19.4. The van der Waals surface area contributed by atoms with E-state index in [2.05, 4.69) is 12.2 Å². The third kappa shape index (κ3) is 3.79. The molecule has 2 rings (SSSR count). The van der Waals surface area contributed by atoms with Crippen molar-refractivity contribution in [2.45, 2.75) is 61.8 Å². The van der Waals surface area contributed by atoms with Crippen molar-refractivity contribution in [2.24, 2.45) is 0 Å². The molecule has 2 atom stereocenters. The molecule has 1 aliphatic carbocycles. The van der Waals surface area contributed by atoms with Crippen LogP contribution in [0.5, 0.6) is 0 Å². The molecular weight excluding hydrogens is 274 g/mol. The van der Waals surface area contributed by atoms with E-state index >= 15 is 0 Å². The van der Waals surface area contributed by atoms with Crippen LogP contribution in [0.3, 0.4) is 0 Å². The SMILES string of the molecule is COC(=O)C(C)(CC(C)Sc1ccoc1C)NC1CC1. The van der Waals surface area contributed by atoms with Gasteiger partial charge in [-0.05, 0) is 39.2 Å². The zero-order chi connectivity index (χ0) is 14.8. The molecule has 0 saturated heterocycles. The van der Waals surface area contributed by atoms with Gasteiger partial charge < -0.3 is 9.15 Å². The summed E-state index contributed by atoms with van der Waals surface area (Å²) in [5.41, 5.74) is -0.611. The quantitative estimate of drug-likeness (QED) is 0.619. The molecule has 112 valence electrons. The van der Waals surface area contributed by atoms with Crippen LogP contribution in [-0.2, 0) is 9.53 Å². The fraction of sp³-hybridized carbons (Fsp3) is 0.667. The molecule has 0 aromatic carbocycles. The monoisotopic (exact) mass is 297 g/mol. The lowest BCUT2D eigenvalue weighted by Crippen LogP contribution is -2.52. The molecular formula is C15H23NO3S. The first kappa shape index (κ1) is 15.4. The average molecular weight is 297 g/mol. The maximum absolute atomic E-state index is 12.1. The second kappa shape index (κ2) is 6.22. The number of methoxy groups -OCH3 is 1. The van der Waals surface area contributed by atoms with Crippen LogP contribution in [0, 0.1) is 6.92 Å². The van der Waals surface area contributed by atoms with E-state index in [1.54, 1.807) is 18.0 Å². The lowest BCUT2D eigenvalue weighted by atomic mass is 9.96. The smallest absolute Gasteiger partial charge is 0.325 e. The average Bonchev–Trinajstić information content (AvgIpc) is 3.11. The number of nitrogens with one attached hydrogen (secondary N) is 1. The Bertz CT molecular complexity index is 469. The van der Waals surface area contributed by atoms with Gasteiger partial charge in [0.2, 0.25) is 0 Å². The molecule has 1 fully saturated rings. The summed E-state index contributed by atoms with van der Waals surface area (Å²) in [6.45, 7) is 6.03. The van der Waals surface area contributed by atoms with Gasteiger partial charge in [0.15, 0.2) is 0 Å². The number of furan rings is 1. The van der Waals surface area contributed by atoms with Crippen LogP contribution in [0.4, 0.5) is 0 Å². The Morgan fingerprint density at radius 1 is 1.65 bits per heavy atom. The van der Waals surface area contributed by atoms with Crippen molar-refractivity contribution in [3.05, 3.63) is 18.1 Å². The van der Waals surface area contributed by atoms with Gasteiger partial charge in [-0.25, -0.2) is 0 Å². The maximum Gasteiger partial charge on any atom is 0.325 e. The molecule has 1 aromatic rings. The van der Waals surface area contributed by atoms with Gasteiger partial charge in [-0.1, -0.05) is 6.92 Å². The second-order valence-corrected chi connectivity index (χ2v) is 7.20. The first-order valence-corrected chi connectivity index (χ1v) is 7.89. The van der Waals surface area contributed by atoms with Gasteiger partial charge in [-0.15, -0.1) is 11.8 Å². The number of hydrogen-bond acceptors (Lipinski definition) is 5. The van der Waals surface area contributed by atoms with Gasteiger partial charge in [0.05, 0.1) is 13.4 Å². The number of aryl methyl sites for hydroxylation is 1. The van der Waals surface area contributed by atoms with Crippen molar-refractivity contribution in [1.82, 2.24) is 5.32 Å². The summed E-state index contributed by atoms with van der Waals surface area (Å²) in [7, 11) is 1.45. The van der Waals surface area contributed by atoms with E-state index in [9.17, 15) is 4.79 Å². The van der Waals surface area contributed by atoms with Gasteiger partial charge in [0.25, 0.3) is 0 Å². The Kier molecular flexibility index (Phi) is 4.81. The second-order valence-electron chi connectivity index (χ2n) is 5.72. The highest BCUT2D eigenvalue weighted by molar-refractivity contribution is 8.00. The minimum Gasteiger partial charge on any atom is -0.468 e. The van der Waals surface area contributed by atoms with Crippen LogP contribution in [-0.4, -0.2) is 29.9 Å². The van der Waals surface area contributed by atoms with Crippen LogP contribution in [0.2, 0.25) is 0 Å². The van der Waals surface area contributed by atoms with Crippen LogP contribution >= 0.6 is 11.8 Å². The molecule has 1 aromatic heterocycles. The summed E-state index contributed by atoms with van der Waals surface area (Å²) in [6, 6.07) is 2.44. The zero-order valence-corrected chi connectivity index (χ0v) is 13.4. The summed E-state index contributed by atoms with van der Waals surface area (Å²) >= 11 is 1.74. The Hall–Kier alpha value is -0.940. The van der Waals surface area contributed by atoms with E-state index in [4.69, 9.17) is 9.15 Å². The maximum atomic E-state index is 12.1. The number of ether oxygens (including phenoxy) is 1. The van der Waals surface area contributed by atoms with Crippen molar-refractivity contribution in [2.75, 3.05) is 7.11 Å². The molecule has 1 saturated carbocycles. The predicted molar refractivity (Wildman–Crippen MR) is 80.0 cm³/mol. The summed E-state index contributed by atoms with van der Waals surface area (Å²) in [5, 5.41) is 3.73. The highest BCUT2D eigenvalue weighted by atomic mass is 32.2. The lowest BCUT2D eigenvalue weighted by molar-refractivity contribution is -0.148. The van der Waals surface area contributed by atoms with Crippen LogP contribution in [0.15, 0.2) is 21.6 Å². The van der Waals surface area contributed by atoms with Gasteiger partial charge in [-0.2, -0.15) is 0 Å². The van der Waals surface area contributed by atoms with Gasteiger partial charge >= 0.3 is 5.97 Å². The molecule has 0 aliphatic heterocycles. The third-order valence-corrected chi connectivity index (χ3v) is 4.82. The molecule has 1 heterocycles. The standard InChI is InChI=1S/C15H23NO3S/c1-10(20-13-7-8-19-11(13)2)9-15(3,14(17)18-4)16-12-5-6-12/h7-8,10,12,16H,5-6,9H2,1-4H3. The first-order chi connectivity index (χ1) is 9.44. The number of rotatable bonds is 7. The van der Waals surface area contributed by atoms with E-state index in [0.29, 0.717) is 11.3 Å². The molecule has 1 aliphatic rings. The Balaban J connectivity index is 1.99. The van der Waals surface area contributed by atoms with E-state index in [-0.39, 0.29) is 5.97 Å². The topological polar surface area (TPSA) is 51.5 Å². The van der Waals surface area contributed by atoms with E-state index < -0.39 is 5.54 Å². The molecule has 0 radical (unpaired) electrons. The number of hydrogen-bond donors (Lipinski definition) is 1. The van der Waals surface area contributed by atoms with Gasteiger partial charge in [0, 0.05) is 16.2 Å². The first-order valence-electron chi connectivity index (χ1n) is 7.01. The molecule has 0 bridgehead atoms. The zero-order valence-electron chi connectivity index (χ0n) is 12.6. The third-order valence-electron chi connectivity index (χ3n) is 3.57. The van der Waals surface area contributed by atoms with Gasteiger partial charge in [0.1, 0.15) is 11.3 Å². The van der Waals surface area contributed by atoms with Crippen molar-refractivity contribution >= 4 is 17.7 Å². The minimum atomic E-state index is -0.611. The fourth-order valence-electron chi connectivity index (χ4n) is 2.43. The highest BCUT2D eigenvalue weighted by Crippen LogP contribution is 2.33. The molecule has 20 heavy (non-hydrogen) atoms. The fourth-order valence-corrected chi connectivity index (χ4v) is 3.63. The predicted octanol–water partition coefficient (Wildman–Crippen LogP) is 3.14. The molecule has 0 spiro atoms. The molecule has 4 nitrogen and oxygen atoms in total. The Labute approximate surface area is 124 Å². The summed E-state index contributed by atoms with van der Waals surface area (Å²) < 4.78 is 10.3. The van der Waals surface area contributed by atoms with E-state index in [1.807, 2.05) is 19.9 Å². The number of carbonyl (C=O) groups excluding carboxylic acids is 1. The molecule has 5 heteroatoms. The van der Waals surface area contributed by atoms with Gasteiger partial charge in [-0.3, -0.25) is 10.1 Å².